The summed E-state index contributed by atoms with van der Waals surface area (Å²) in [5.74, 6) is 0.401. The highest BCUT2D eigenvalue weighted by molar-refractivity contribution is 6.06. The number of imidazole rings is 1. The van der Waals surface area contributed by atoms with Crippen molar-refractivity contribution in [3.8, 4) is 0 Å². The van der Waals surface area contributed by atoms with Gasteiger partial charge in [0.15, 0.2) is 0 Å². The van der Waals surface area contributed by atoms with Crippen LogP contribution in [0.15, 0.2) is 42.5 Å². The number of fused-ring (bicyclic) bond motifs is 1. The van der Waals surface area contributed by atoms with Crippen molar-refractivity contribution in [2.45, 2.75) is 19.8 Å². The Kier molecular flexibility index (Phi) is 4.52. The van der Waals surface area contributed by atoms with Gasteiger partial charge in [-0.3, -0.25) is 9.59 Å². The zero-order valence-electron chi connectivity index (χ0n) is 14.2. The van der Waals surface area contributed by atoms with Crippen molar-refractivity contribution in [2.24, 2.45) is 12.8 Å². The maximum absolute atomic E-state index is 12.5. The molecular weight excluding hydrogens is 316 g/mol. The van der Waals surface area contributed by atoms with E-state index in [9.17, 15) is 9.59 Å². The summed E-state index contributed by atoms with van der Waals surface area (Å²) in [6.07, 6.45) is 1.02. The van der Waals surface area contributed by atoms with Gasteiger partial charge in [-0.1, -0.05) is 19.1 Å². The van der Waals surface area contributed by atoms with E-state index >= 15 is 0 Å². The molecule has 0 radical (unpaired) electrons. The lowest BCUT2D eigenvalue weighted by Crippen LogP contribution is -2.14. The number of aromatic nitrogens is 2. The molecule has 0 bridgehead atoms. The van der Waals surface area contributed by atoms with Crippen molar-refractivity contribution in [2.75, 3.05) is 5.32 Å². The average Bonchev–Trinajstić information content (AvgIpc) is 2.91. The first-order chi connectivity index (χ1) is 12.0. The molecule has 1 aromatic heterocycles. The largest absolute Gasteiger partial charge is 0.369 e. The molecule has 2 aromatic carbocycles. The Morgan fingerprint density at radius 1 is 1.16 bits per heavy atom. The second kappa shape index (κ2) is 6.76. The number of carbonyl (C=O) groups excluding carboxylic acids is 2. The molecule has 0 spiro atoms. The van der Waals surface area contributed by atoms with Crippen LogP contribution >= 0.6 is 0 Å². The van der Waals surface area contributed by atoms with Crippen LogP contribution in [0.5, 0.6) is 0 Å². The van der Waals surface area contributed by atoms with Gasteiger partial charge in [-0.15, -0.1) is 0 Å². The van der Waals surface area contributed by atoms with Crippen molar-refractivity contribution in [3.05, 3.63) is 59.4 Å². The van der Waals surface area contributed by atoms with Gasteiger partial charge >= 0.3 is 0 Å². The normalized spacial score (nSPS) is 10.8. The molecule has 128 valence electrons. The highest BCUT2D eigenvalue weighted by Gasteiger charge is 2.11. The molecule has 3 aromatic rings. The second-order valence-corrected chi connectivity index (χ2v) is 5.94. The third kappa shape index (κ3) is 3.52. The smallest absolute Gasteiger partial charge is 0.255 e. The van der Waals surface area contributed by atoms with Crippen LogP contribution in [0.25, 0.3) is 11.0 Å². The second-order valence-electron chi connectivity index (χ2n) is 5.94. The monoisotopic (exact) mass is 336 g/mol. The number of nitrogens with zero attached hydrogens (tertiary/aromatic N) is 2. The number of hydrogen-bond acceptors (Lipinski definition) is 3. The van der Waals surface area contributed by atoms with Crippen molar-refractivity contribution < 1.29 is 9.59 Å². The summed E-state index contributed by atoms with van der Waals surface area (Å²) in [5, 5.41) is 2.85. The minimum Gasteiger partial charge on any atom is -0.369 e. The van der Waals surface area contributed by atoms with Crippen LogP contribution in [-0.4, -0.2) is 21.4 Å². The fourth-order valence-electron chi connectivity index (χ4n) is 2.82. The van der Waals surface area contributed by atoms with Gasteiger partial charge in [0.1, 0.15) is 5.82 Å². The van der Waals surface area contributed by atoms with E-state index < -0.39 is 0 Å². The van der Waals surface area contributed by atoms with E-state index in [0.29, 0.717) is 11.3 Å². The maximum Gasteiger partial charge on any atom is 0.255 e. The first-order valence-corrected chi connectivity index (χ1v) is 8.12. The highest BCUT2D eigenvalue weighted by atomic mass is 16.2. The molecule has 25 heavy (non-hydrogen) atoms. The summed E-state index contributed by atoms with van der Waals surface area (Å²) in [4.78, 5) is 27.9. The Hall–Kier alpha value is -3.15. The van der Waals surface area contributed by atoms with Crippen molar-refractivity contribution in [1.82, 2.24) is 9.55 Å². The molecule has 0 aliphatic carbocycles. The summed E-state index contributed by atoms with van der Waals surface area (Å²) in [7, 11) is 1.97. The molecule has 0 saturated carbocycles. The number of nitrogens with one attached hydrogen (secondary N) is 1. The number of aryl methyl sites for hydroxylation is 2. The molecule has 0 atom stereocenters. The summed E-state index contributed by atoms with van der Waals surface area (Å²) in [6.45, 7) is 2.05. The Labute approximate surface area is 145 Å². The van der Waals surface area contributed by atoms with Gasteiger partial charge in [-0.25, -0.2) is 4.98 Å². The molecule has 3 rings (SSSR count). The van der Waals surface area contributed by atoms with Crippen LogP contribution in [0.2, 0.25) is 0 Å². The first kappa shape index (κ1) is 16.7. The van der Waals surface area contributed by atoms with E-state index in [0.717, 1.165) is 28.8 Å². The average molecular weight is 336 g/mol. The van der Waals surface area contributed by atoms with Gasteiger partial charge in [0.2, 0.25) is 5.91 Å². The fraction of sp³-hybridized carbons (Fsp3) is 0.211. The molecular formula is C19H20N4O2. The molecule has 6 nitrogen and oxygen atoms in total. The molecule has 0 aliphatic rings. The Morgan fingerprint density at radius 3 is 2.52 bits per heavy atom. The Morgan fingerprint density at radius 2 is 1.88 bits per heavy atom. The number of hydrogen-bond donors (Lipinski definition) is 2. The molecule has 2 amide bonds. The van der Waals surface area contributed by atoms with Gasteiger partial charge < -0.3 is 15.6 Å². The number of benzene rings is 2. The first-order valence-electron chi connectivity index (χ1n) is 8.12. The predicted molar refractivity (Wildman–Crippen MR) is 97.4 cm³/mol. The van der Waals surface area contributed by atoms with Gasteiger partial charge in [0, 0.05) is 24.7 Å². The van der Waals surface area contributed by atoms with E-state index in [-0.39, 0.29) is 18.2 Å². The molecule has 0 fully saturated rings. The quantitative estimate of drug-likeness (QED) is 0.750. The van der Waals surface area contributed by atoms with Crippen molar-refractivity contribution in [3.63, 3.8) is 0 Å². The molecule has 0 saturated heterocycles. The van der Waals surface area contributed by atoms with E-state index in [4.69, 9.17) is 5.73 Å². The van der Waals surface area contributed by atoms with Gasteiger partial charge in [-0.05, 0) is 35.9 Å². The number of amides is 2. The zero-order valence-corrected chi connectivity index (χ0v) is 14.2. The fourth-order valence-corrected chi connectivity index (χ4v) is 2.82. The van der Waals surface area contributed by atoms with E-state index in [2.05, 4.69) is 17.2 Å². The molecule has 1 heterocycles. The topological polar surface area (TPSA) is 90.0 Å². The zero-order chi connectivity index (χ0) is 18.0. The minimum absolute atomic E-state index is 0.185. The van der Waals surface area contributed by atoms with Crippen LogP contribution in [-0.2, 0) is 24.7 Å². The van der Waals surface area contributed by atoms with Crippen molar-refractivity contribution >= 4 is 28.5 Å². The van der Waals surface area contributed by atoms with Gasteiger partial charge in [0.05, 0.1) is 17.5 Å². The third-order valence-corrected chi connectivity index (χ3v) is 4.14. The van der Waals surface area contributed by atoms with Crippen molar-refractivity contribution in [1.29, 1.82) is 0 Å². The highest BCUT2D eigenvalue weighted by Crippen LogP contribution is 2.18. The minimum atomic E-state index is -0.383. The SMILES string of the molecule is CCc1nc2cc(C(=O)Nc3ccc(CC(N)=O)cc3)ccc2n1C. The molecule has 6 heteroatoms. The van der Waals surface area contributed by atoms with Crippen LogP contribution in [0, 0.1) is 0 Å². The lowest BCUT2D eigenvalue weighted by atomic mass is 10.1. The van der Waals surface area contributed by atoms with E-state index in [1.165, 1.54) is 0 Å². The molecule has 0 aliphatic heterocycles. The predicted octanol–water partition coefficient (Wildman–Crippen LogP) is 2.42. The number of primary amides is 1. The number of rotatable bonds is 5. The summed E-state index contributed by atoms with van der Waals surface area (Å²) >= 11 is 0. The number of carbonyl (C=O) groups is 2. The van der Waals surface area contributed by atoms with E-state index in [1.54, 1.807) is 36.4 Å². The van der Waals surface area contributed by atoms with Crippen LogP contribution in [0.4, 0.5) is 5.69 Å². The van der Waals surface area contributed by atoms with Crippen LogP contribution < -0.4 is 11.1 Å². The maximum atomic E-state index is 12.5. The standard InChI is InChI=1S/C19H20N4O2/c1-3-18-22-15-11-13(6-9-16(15)23(18)2)19(25)21-14-7-4-12(5-8-14)10-17(20)24/h4-9,11H,3,10H2,1-2H3,(H2,20,24)(H,21,25). The molecule has 0 unspecified atom stereocenters. The lowest BCUT2D eigenvalue weighted by molar-refractivity contribution is -0.117. The van der Waals surface area contributed by atoms with Gasteiger partial charge in [-0.2, -0.15) is 0 Å². The van der Waals surface area contributed by atoms with Crippen LogP contribution in [0.3, 0.4) is 0 Å². The summed E-state index contributed by atoms with van der Waals surface area (Å²) in [6, 6.07) is 12.6. The Bertz CT molecular complexity index is 942. The Balaban J connectivity index is 1.78. The number of anilines is 1. The third-order valence-electron chi connectivity index (χ3n) is 4.14. The lowest BCUT2D eigenvalue weighted by Gasteiger charge is -2.06. The molecule has 3 N–H and O–H groups in total. The number of nitrogens with two attached hydrogens (primary N) is 1. The van der Waals surface area contributed by atoms with E-state index in [1.807, 2.05) is 17.7 Å². The van der Waals surface area contributed by atoms with Gasteiger partial charge in [0.25, 0.3) is 5.91 Å². The summed E-state index contributed by atoms with van der Waals surface area (Å²) in [5.41, 5.74) is 9.01. The summed E-state index contributed by atoms with van der Waals surface area (Å²) < 4.78 is 2.04. The van der Waals surface area contributed by atoms with Crippen LogP contribution in [0.1, 0.15) is 28.7 Å².